The van der Waals surface area contributed by atoms with Gasteiger partial charge in [-0.3, -0.25) is 10.1 Å². The van der Waals surface area contributed by atoms with E-state index in [1.54, 1.807) is 18.2 Å². The zero-order chi connectivity index (χ0) is 15.9. The van der Waals surface area contributed by atoms with Crippen molar-refractivity contribution in [3.8, 4) is 0 Å². The molecule has 3 rings (SSSR count). The van der Waals surface area contributed by atoms with Crippen LogP contribution in [-0.4, -0.2) is 10.9 Å². The highest BCUT2D eigenvalue weighted by Gasteiger charge is 2.14. The number of hydrogen-bond donors (Lipinski definition) is 1. The number of aromatic nitrogens is 1. The van der Waals surface area contributed by atoms with E-state index < -0.39 is 0 Å². The molecule has 0 saturated carbocycles. The highest BCUT2D eigenvalue weighted by atomic mass is 79.9. The van der Waals surface area contributed by atoms with Gasteiger partial charge in [0.2, 0.25) is 0 Å². The van der Waals surface area contributed by atoms with E-state index in [0.717, 1.165) is 14.7 Å². The average molecular weight is 396 g/mol. The molecule has 0 aliphatic rings. The van der Waals surface area contributed by atoms with E-state index in [1.165, 1.54) is 22.5 Å². The molecule has 0 aliphatic heterocycles. The Bertz CT molecular complexity index is 852. The largest absolute Gasteiger partial charge is 0.298 e. The van der Waals surface area contributed by atoms with Crippen molar-refractivity contribution in [2.24, 2.45) is 0 Å². The summed E-state index contributed by atoms with van der Waals surface area (Å²) in [5.41, 5.74) is 3.71. The Morgan fingerprint density at radius 1 is 1.23 bits per heavy atom. The lowest BCUT2D eigenvalue weighted by molar-refractivity contribution is 0.102. The SMILES string of the molecule is Cc1cc2nc(NC(=O)c3cc(Br)ccc3Cl)sc2cc1C. The second kappa shape index (κ2) is 5.99. The van der Waals surface area contributed by atoms with Crippen molar-refractivity contribution in [2.45, 2.75) is 13.8 Å². The van der Waals surface area contributed by atoms with Crippen LogP contribution in [0, 0.1) is 13.8 Å². The molecule has 0 fully saturated rings. The van der Waals surface area contributed by atoms with Crippen LogP contribution in [0.15, 0.2) is 34.8 Å². The lowest BCUT2D eigenvalue weighted by atomic mass is 10.1. The molecule has 1 heterocycles. The van der Waals surface area contributed by atoms with E-state index in [4.69, 9.17) is 11.6 Å². The molecule has 1 aromatic heterocycles. The van der Waals surface area contributed by atoms with Gasteiger partial charge in [-0.2, -0.15) is 0 Å². The predicted octanol–water partition coefficient (Wildman–Crippen LogP) is 5.58. The summed E-state index contributed by atoms with van der Waals surface area (Å²) in [4.78, 5) is 16.8. The van der Waals surface area contributed by atoms with Gasteiger partial charge in [-0.1, -0.05) is 38.9 Å². The number of thiazole rings is 1. The van der Waals surface area contributed by atoms with Crippen LogP contribution in [-0.2, 0) is 0 Å². The monoisotopic (exact) mass is 394 g/mol. The van der Waals surface area contributed by atoms with Crippen molar-refractivity contribution < 1.29 is 4.79 Å². The van der Waals surface area contributed by atoms with Gasteiger partial charge in [-0.15, -0.1) is 0 Å². The molecule has 3 nitrogen and oxygen atoms in total. The number of anilines is 1. The summed E-state index contributed by atoms with van der Waals surface area (Å²) in [6.45, 7) is 4.11. The van der Waals surface area contributed by atoms with Crippen LogP contribution >= 0.6 is 38.9 Å². The number of carbonyl (C=O) groups is 1. The van der Waals surface area contributed by atoms with E-state index in [2.05, 4.69) is 39.2 Å². The van der Waals surface area contributed by atoms with Gasteiger partial charge in [-0.05, 0) is 55.3 Å². The first-order valence-electron chi connectivity index (χ1n) is 6.58. The predicted molar refractivity (Wildman–Crippen MR) is 96.2 cm³/mol. The number of aryl methyl sites for hydroxylation is 2. The summed E-state index contributed by atoms with van der Waals surface area (Å²) in [5, 5.41) is 3.80. The third-order valence-electron chi connectivity index (χ3n) is 3.40. The highest BCUT2D eigenvalue weighted by molar-refractivity contribution is 9.10. The Balaban J connectivity index is 1.92. The van der Waals surface area contributed by atoms with Crippen molar-refractivity contribution in [2.75, 3.05) is 5.32 Å². The van der Waals surface area contributed by atoms with Crippen molar-refractivity contribution in [3.63, 3.8) is 0 Å². The maximum Gasteiger partial charge on any atom is 0.258 e. The van der Waals surface area contributed by atoms with Crippen molar-refractivity contribution >= 4 is 60.1 Å². The lowest BCUT2D eigenvalue weighted by Crippen LogP contribution is -2.12. The van der Waals surface area contributed by atoms with Gasteiger partial charge in [0.05, 0.1) is 20.8 Å². The highest BCUT2D eigenvalue weighted by Crippen LogP contribution is 2.29. The molecule has 112 valence electrons. The van der Waals surface area contributed by atoms with Crippen LogP contribution in [0.3, 0.4) is 0 Å². The van der Waals surface area contributed by atoms with Crippen LogP contribution in [0.5, 0.6) is 0 Å². The number of nitrogens with zero attached hydrogens (tertiary/aromatic N) is 1. The summed E-state index contributed by atoms with van der Waals surface area (Å²) in [7, 11) is 0. The van der Waals surface area contributed by atoms with Gasteiger partial charge < -0.3 is 0 Å². The van der Waals surface area contributed by atoms with Gasteiger partial charge in [0.15, 0.2) is 5.13 Å². The normalized spacial score (nSPS) is 10.9. The Kier molecular flexibility index (Phi) is 4.21. The Morgan fingerprint density at radius 2 is 1.95 bits per heavy atom. The molecule has 0 aliphatic carbocycles. The molecule has 6 heteroatoms. The molecule has 0 saturated heterocycles. The number of benzene rings is 2. The Hall–Kier alpha value is -1.43. The number of rotatable bonds is 2. The van der Waals surface area contributed by atoms with Gasteiger partial charge >= 0.3 is 0 Å². The second-order valence-corrected chi connectivity index (χ2v) is 7.36. The van der Waals surface area contributed by atoms with Gasteiger partial charge in [0, 0.05) is 4.47 Å². The fraction of sp³-hybridized carbons (Fsp3) is 0.125. The lowest BCUT2D eigenvalue weighted by Gasteiger charge is -2.04. The standard InChI is InChI=1S/C16H12BrClN2OS/c1-8-5-13-14(6-9(8)2)22-16(19-13)20-15(21)11-7-10(17)3-4-12(11)18/h3-7H,1-2H3,(H,19,20,21). The molecule has 0 radical (unpaired) electrons. The number of fused-ring (bicyclic) bond motifs is 1. The molecular weight excluding hydrogens is 384 g/mol. The van der Waals surface area contributed by atoms with Gasteiger partial charge in [0.25, 0.3) is 5.91 Å². The molecule has 0 atom stereocenters. The summed E-state index contributed by atoms with van der Waals surface area (Å²) < 4.78 is 1.86. The van der Waals surface area contributed by atoms with E-state index >= 15 is 0 Å². The van der Waals surface area contributed by atoms with E-state index in [0.29, 0.717) is 15.7 Å². The quantitative estimate of drug-likeness (QED) is 0.615. The molecule has 22 heavy (non-hydrogen) atoms. The molecule has 1 N–H and O–H groups in total. The van der Waals surface area contributed by atoms with Crippen molar-refractivity contribution in [1.82, 2.24) is 4.98 Å². The molecule has 0 bridgehead atoms. The average Bonchev–Trinajstić information content (AvgIpc) is 2.83. The van der Waals surface area contributed by atoms with E-state index in [9.17, 15) is 4.79 Å². The molecule has 0 unspecified atom stereocenters. The Morgan fingerprint density at radius 3 is 2.73 bits per heavy atom. The minimum atomic E-state index is -0.265. The fourth-order valence-corrected chi connectivity index (χ4v) is 3.57. The molecule has 2 aromatic carbocycles. The van der Waals surface area contributed by atoms with Gasteiger partial charge in [0.1, 0.15) is 0 Å². The van der Waals surface area contributed by atoms with Crippen LogP contribution in [0.4, 0.5) is 5.13 Å². The van der Waals surface area contributed by atoms with Crippen LogP contribution in [0.1, 0.15) is 21.5 Å². The first kappa shape index (κ1) is 15.5. The summed E-state index contributed by atoms with van der Waals surface area (Å²) >= 11 is 10.9. The third-order valence-corrected chi connectivity index (χ3v) is 5.15. The Labute approximate surface area is 145 Å². The fourth-order valence-electron chi connectivity index (χ4n) is 2.07. The molecule has 3 aromatic rings. The topological polar surface area (TPSA) is 42.0 Å². The molecule has 1 amide bonds. The first-order valence-corrected chi connectivity index (χ1v) is 8.57. The molecule has 0 spiro atoms. The number of amides is 1. The zero-order valence-electron chi connectivity index (χ0n) is 11.9. The van der Waals surface area contributed by atoms with Crippen LogP contribution in [0.2, 0.25) is 5.02 Å². The maximum absolute atomic E-state index is 12.3. The van der Waals surface area contributed by atoms with Crippen LogP contribution < -0.4 is 5.32 Å². The van der Waals surface area contributed by atoms with Crippen LogP contribution in [0.25, 0.3) is 10.2 Å². The number of nitrogens with one attached hydrogen (secondary N) is 1. The minimum absolute atomic E-state index is 0.265. The number of carbonyl (C=O) groups excluding carboxylic acids is 1. The molecular formula is C16H12BrClN2OS. The first-order chi connectivity index (χ1) is 10.4. The van der Waals surface area contributed by atoms with Crippen molar-refractivity contribution in [1.29, 1.82) is 0 Å². The smallest absolute Gasteiger partial charge is 0.258 e. The summed E-state index contributed by atoms with van der Waals surface area (Å²) in [6.07, 6.45) is 0. The minimum Gasteiger partial charge on any atom is -0.298 e. The van der Waals surface area contributed by atoms with E-state index in [1.807, 2.05) is 13.0 Å². The third kappa shape index (κ3) is 3.02. The number of halogens is 2. The maximum atomic E-state index is 12.3. The van der Waals surface area contributed by atoms with Gasteiger partial charge in [-0.25, -0.2) is 4.98 Å². The second-order valence-electron chi connectivity index (χ2n) is 5.00. The van der Waals surface area contributed by atoms with Crippen molar-refractivity contribution in [3.05, 3.63) is 56.5 Å². The number of hydrogen-bond acceptors (Lipinski definition) is 3. The van der Waals surface area contributed by atoms with E-state index in [-0.39, 0.29) is 5.91 Å². The zero-order valence-corrected chi connectivity index (χ0v) is 15.1. The summed E-state index contributed by atoms with van der Waals surface area (Å²) in [6, 6.07) is 9.29. The summed E-state index contributed by atoms with van der Waals surface area (Å²) in [5.74, 6) is -0.265.